The van der Waals surface area contributed by atoms with Crippen LogP contribution in [0.1, 0.15) is 35.1 Å². The second kappa shape index (κ2) is 8.98. The zero-order valence-electron chi connectivity index (χ0n) is 16.2. The van der Waals surface area contributed by atoms with Crippen molar-refractivity contribution in [3.05, 3.63) is 70.8 Å². The van der Waals surface area contributed by atoms with Crippen molar-refractivity contribution in [1.82, 2.24) is 5.32 Å². The molecule has 0 spiro atoms. The molecule has 0 saturated carbocycles. The molecule has 1 aliphatic rings. The number of hydrogen-bond donors (Lipinski definition) is 1. The number of nitrogens with one attached hydrogen (secondary N) is 1. The molecule has 30 heavy (non-hydrogen) atoms. The van der Waals surface area contributed by atoms with Gasteiger partial charge < -0.3 is 10.1 Å². The summed E-state index contributed by atoms with van der Waals surface area (Å²) in [6.07, 6.45) is -8.03. The van der Waals surface area contributed by atoms with Gasteiger partial charge in [-0.15, -0.1) is 0 Å². The summed E-state index contributed by atoms with van der Waals surface area (Å²) < 4.78 is 83.8. The molecular weight excluding hydrogens is 408 g/mol. The minimum atomic E-state index is -4.84. The average molecular weight is 431 g/mol. The monoisotopic (exact) mass is 431 g/mol. The van der Waals surface area contributed by atoms with Crippen LogP contribution in [0.2, 0.25) is 0 Å². The molecule has 1 fully saturated rings. The van der Waals surface area contributed by atoms with E-state index in [9.17, 15) is 26.3 Å². The first kappa shape index (κ1) is 22.6. The van der Waals surface area contributed by atoms with E-state index in [4.69, 9.17) is 4.74 Å². The van der Waals surface area contributed by atoms with Crippen LogP contribution in [0.5, 0.6) is 0 Å². The number of piperidine rings is 1. The highest BCUT2D eigenvalue weighted by atomic mass is 19.4. The minimum Gasteiger partial charge on any atom is -0.380 e. The fourth-order valence-corrected chi connectivity index (χ4v) is 3.83. The Hall–Kier alpha value is -2.06. The van der Waals surface area contributed by atoms with Crippen molar-refractivity contribution in [2.45, 2.75) is 37.0 Å². The lowest BCUT2D eigenvalue weighted by Gasteiger charge is -2.38. The van der Waals surface area contributed by atoms with E-state index >= 15 is 0 Å². The van der Waals surface area contributed by atoms with Crippen LogP contribution in [-0.4, -0.2) is 26.3 Å². The summed E-state index contributed by atoms with van der Waals surface area (Å²) in [4.78, 5) is 0. The van der Waals surface area contributed by atoms with Crippen molar-refractivity contribution in [2.75, 3.05) is 26.3 Å². The van der Waals surface area contributed by atoms with Crippen LogP contribution >= 0.6 is 0 Å². The molecule has 0 radical (unpaired) electrons. The van der Waals surface area contributed by atoms with Gasteiger partial charge in [-0.25, -0.2) is 0 Å². The van der Waals surface area contributed by atoms with E-state index in [1.165, 1.54) is 0 Å². The van der Waals surface area contributed by atoms with Gasteiger partial charge in [-0.05, 0) is 61.7 Å². The third kappa shape index (κ3) is 5.55. The van der Waals surface area contributed by atoms with Crippen LogP contribution in [0.15, 0.2) is 48.5 Å². The highest BCUT2D eigenvalue weighted by molar-refractivity contribution is 5.34. The molecule has 1 heterocycles. The highest BCUT2D eigenvalue weighted by Gasteiger charge is 2.37. The summed E-state index contributed by atoms with van der Waals surface area (Å²) >= 11 is 0. The molecule has 0 aliphatic carbocycles. The van der Waals surface area contributed by atoms with E-state index in [0.717, 1.165) is 43.6 Å². The first-order valence-electron chi connectivity index (χ1n) is 9.73. The van der Waals surface area contributed by atoms with E-state index in [1.807, 2.05) is 30.3 Å². The Kier molecular flexibility index (Phi) is 6.77. The van der Waals surface area contributed by atoms with Crippen molar-refractivity contribution in [3.63, 3.8) is 0 Å². The first-order chi connectivity index (χ1) is 14.1. The van der Waals surface area contributed by atoms with Gasteiger partial charge in [0.15, 0.2) is 0 Å². The number of hydrogen-bond acceptors (Lipinski definition) is 2. The van der Waals surface area contributed by atoms with Gasteiger partial charge in [0.05, 0.1) is 24.3 Å². The van der Waals surface area contributed by atoms with Gasteiger partial charge in [-0.3, -0.25) is 0 Å². The standard InChI is InChI=1S/C22H23F6NO/c23-21(24,25)18-12-16(13-19(14-18)22(26,27)28)6-11-30-15-20(7-9-29-10-8-20)17-4-2-1-3-5-17/h1-5,12-14,29H,6-11,15H2. The molecule has 0 unspecified atom stereocenters. The second-order valence-corrected chi connectivity index (χ2v) is 7.61. The van der Waals surface area contributed by atoms with Crippen LogP contribution in [0.4, 0.5) is 26.3 Å². The quantitative estimate of drug-likeness (QED) is 0.475. The molecular formula is C22H23F6NO. The van der Waals surface area contributed by atoms with Crippen molar-refractivity contribution >= 4 is 0 Å². The number of ether oxygens (including phenoxy) is 1. The normalized spacial score (nSPS) is 17.1. The van der Waals surface area contributed by atoms with Crippen LogP contribution < -0.4 is 5.32 Å². The predicted molar refractivity (Wildman–Crippen MR) is 101 cm³/mol. The summed E-state index contributed by atoms with van der Waals surface area (Å²) in [7, 11) is 0. The zero-order chi connectivity index (χ0) is 21.8. The molecule has 8 heteroatoms. The van der Waals surface area contributed by atoms with Gasteiger partial charge in [0.1, 0.15) is 0 Å². The van der Waals surface area contributed by atoms with Crippen molar-refractivity contribution in [3.8, 4) is 0 Å². The van der Waals surface area contributed by atoms with Crippen LogP contribution in [-0.2, 0) is 28.9 Å². The maximum absolute atomic E-state index is 13.0. The SMILES string of the molecule is FC(F)(F)c1cc(CCOCC2(c3ccccc3)CCNCC2)cc(C(F)(F)F)c1. The first-order valence-corrected chi connectivity index (χ1v) is 9.73. The molecule has 1 saturated heterocycles. The molecule has 1 aliphatic heterocycles. The lowest BCUT2D eigenvalue weighted by Crippen LogP contribution is -2.43. The number of alkyl halides is 6. The molecule has 2 aromatic rings. The third-order valence-corrected chi connectivity index (χ3v) is 5.51. The molecule has 0 atom stereocenters. The molecule has 0 amide bonds. The van der Waals surface area contributed by atoms with Gasteiger partial charge in [0.2, 0.25) is 0 Å². The lowest BCUT2D eigenvalue weighted by molar-refractivity contribution is -0.143. The molecule has 2 aromatic carbocycles. The second-order valence-electron chi connectivity index (χ2n) is 7.61. The van der Waals surface area contributed by atoms with E-state index < -0.39 is 23.5 Å². The fourth-order valence-electron chi connectivity index (χ4n) is 3.83. The predicted octanol–water partition coefficient (Wildman–Crippen LogP) is 5.60. The van der Waals surface area contributed by atoms with Gasteiger partial charge >= 0.3 is 12.4 Å². The maximum atomic E-state index is 13.0. The van der Waals surface area contributed by atoms with Crippen molar-refractivity contribution in [1.29, 1.82) is 0 Å². The number of benzene rings is 2. The Morgan fingerprint density at radius 2 is 1.40 bits per heavy atom. The van der Waals surface area contributed by atoms with E-state index in [-0.39, 0.29) is 30.1 Å². The molecule has 0 bridgehead atoms. The summed E-state index contributed by atoms with van der Waals surface area (Å²) in [6.45, 7) is 2.05. The number of halogens is 6. The van der Waals surface area contributed by atoms with Gasteiger partial charge in [-0.1, -0.05) is 30.3 Å². The van der Waals surface area contributed by atoms with Gasteiger partial charge in [-0.2, -0.15) is 26.3 Å². The fraction of sp³-hybridized carbons (Fsp3) is 0.455. The maximum Gasteiger partial charge on any atom is 0.416 e. The molecule has 0 aromatic heterocycles. The summed E-state index contributed by atoms with van der Waals surface area (Å²) in [5.41, 5.74) is -1.73. The molecule has 1 N–H and O–H groups in total. The molecule has 3 rings (SSSR count). The molecule has 164 valence electrons. The lowest BCUT2D eigenvalue weighted by atomic mass is 9.74. The van der Waals surface area contributed by atoms with Crippen molar-refractivity contribution < 1.29 is 31.1 Å². The summed E-state index contributed by atoms with van der Waals surface area (Å²) in [5, 5.41) is 3.30. The minimum absolute atomic E-state index is 0.0316. The summed E-state index contributed by atoms with van der Waals surface area (Å²) in [5.74, 6) is 0. The van der Waals surface area contributed by atoms with E-state index in [1.54, 1.807) is 0 Å². The average Bonchev–Trinajstić information content (AvgIpc) is 2.71. The number of rotatable bonds is 6. The summed E-state index contributed by atoms with van der Waals surface area (Å²) in [6, 6.07) is 11.5. The van der Waals surface area contributed by atoms with Crippen LogP contribution in [0, 0.1) is 0 Å². The smallest absolute Gasteiger partial charge is 0.380 e. The molecule has 2 nitrogen and oxygen atoms in total. The van der Waals surface area contributed by atoms with Gasteiger partial charge in [0.25, 0.3) is 0 Å². The van der Waals surface area contributed by atoms with E-state index in [2.05, 4.69) is 5.32 Å². The largest absolute Gasteiger partial charge is 0.416 e. The topological polar surface area (TPSA) is 21.3 Å². The van der Waals surface area contributed by atoms with Gasteiger partial charge in [0, 0.05) is 5.41 Å². The Bertz CT molecular complexity index is 794. The van der Waals surface area contributed by atoms with Crippen LogP contribution in [0.25, 0.3) is 0 Å². The van der Waals surface area contributed by atoms with E-state index in [0.29, 0.717) is 6.61 Å². The Morgan fingerprint density at radius 3 is 1.93 bits per heavy atom. The Labute approximate surface area is 171 Å². The van der Waals surface area contributed by atoms with Crippen LogP contribution in [0.3, 0.4) is 0 Å². The third-order valence-electron chi connectivity index (χ3n) is 5.51. The Morgan fingerprint density at radius 1 is 0.833 bits per heavy atom. The zero-order valence-corrected chi connectivity index (χ0v) is 16.2. The highest BCUT2D eigenvalue weighted by Crippen LogP contribution is 2.37. The Balaban J connectivity index is 1.69. The van der Waals surface area contributed by atoms with Crippen molar-refractivity contribution in [2.24, 2.45) is 0 Å².